The van der Waals surface area contributed by atoms with Crippen LogP contribution in [0.1, 0.15) is 12.5 Å². The minimum atomic E-state index is 0.718. The molecule has 0 amide bonds. The van der Waals surface area contributed by atoms with E-state index in [9.17, 15) is 0 Å². The molecule has 0 heterocycles. The highest BCUT2D eigenvalue weighted by Crippen LogP contribution is 2.28. The smallest absolute Gasteiger partial charge is 0.161 e. The van der Waals surface area contributed by atoms with Gasteiger partial charge in [-0.2, -0.15) is 0 Å². The van der Waals surface area contributed by atoms with Gasteiger partial charge in [-0.05, 0) is 30.7 Å². The van der Waals surface area contributed by atoms with Crippen LogP contribution in [0.15, 0.2) is 24.0 Å². The fourth-order valence-corrected chi connectivity index (χ4v) is 1.24. The van der Waals surface area contributed by atoms with Gasteiger partial charge >= 0.3 is 0 Å². The van der Waals surface area contributed by atoms with Crippen molar-refractivity contribution in [3.8, 4) is 11.5 Å². The van der Waals surface area contributed by atoms with Crippen molar-refractivity contribution in [1.29, 1.82) is 0 Å². The van der Waals surface area contributed by atoms with Crippen molar-refractivity contribution in [3.05, 3.63) is 29.5 Å². The van der Waals surface area contributed by atoms with Gasteiger partial charge in [0, 0.05) is 0 Å². The largest absolute Gasteiger partial charge is 0.501 e. The van der Waals surface area contributed by atoms with Gasteiger partial charge in [0.1, 0.15) is 0 Å². The molecule has 0 atom stereocenters. The molecule has 3 heteroatoms. The van der Waals surface area contributed by atoms with Crippen LogP contribution in [0.4, 0.5) is 0 Å². The maximum absolute atomic E-state index is 5.20. The van der Waals surface area contributed by atoms with Crippen LogP contribution < -0.4 is 9.47 Å². The summed E-state index contributed by atoms with van der Waals surface area (Å²) in [4.78, 5) is 0. The van der Waals surface area contributed by atoms with Crippen molar-refractivity contribution in [2.75, 3.05) is 21.3 Å². The Morgan fingerprint density at radius 2 is 1.73 bits per heavy atom. The lowest BCUT2D eigenvalue weighted by atomic mass is 10.2. The van der Waals surface area contributed by atoms with Gasteiger partial charge in [-0.15, -0.1) is 0 Å². The topological polar surface area (TPSA) is 27.7 Å². The van der Waals surface area contributed by atoms with Gasteiger partial charge in [0.2, 0.25) is 0 Å². The first-order valence-corrected chi connectivity index (χ1v) is 4.65. The van der Waals surface area contributed by atoms with Gasteiger partial charge in [0.15, 0.2) is 11.5 Å². The molecule has 3 nitrogen and oxygen atoms in total. The van der Waals surface area contributed by atoms with E-state index in [4.69, 9.17) is 14.2 Å². The van der Waals surface area contributed by atoms with Crippen LogP contribution in [0.5, 0.6) is 11.5 Å². The SMILES string of the molecule is CO/C(C)=C/c1ccc(OC)c(OC)c1. The van der Waals surface area contributed by atoms with E-state index in [0.29, 0.717) is 0 Å². The molecule has 0 saturated heterocycles. The maximum atomic E-state index is 5.20. The third-order valence-electron chi connectivity index (χ3n) is 2.10. The van der Waals surface area contributed by atoms with Gasteiger partial charge in [0.05, 0.1) is 27.1 Å². The maximum Gasteiger partial charge on any atom is 0.161 e. The summed E-state index contributed by atoms with van der Waals surface area (Å²) in [6.45, 7) is 1.90. The molecular formula is C12H16O3. The predicted octanol–water partition coefficient (Wildman–Crippen LogP) is 2.71. The normalized spacial score (nSPS) is 11.1. The summed E-state index contributed by atoms with van der Waals surface area (Å²) in [6, 6.07) is 5.72. The molecule has 15 heavy (non-hydrogen) atoms. The van der Waals surface area contributed by atoms with Gasteiger partial charge in [-0.25, -0.2) is 0 Å². The van der Waals surface area contributed by atoms with E-state index in [1.807, 2.05) is 31.2 Å². The van der Waals surface area contributed by atoms with Crippen LogP contribution in [0.2, 0.25) is 0 Å². The monoisotopic (exact) mass is 208 g/mol. The van der Waals surface area contributed by atoms with Crippen molar-refractivity contribution < 1.29 is 14.2 Å². The van der Waals surface area contributed by atoms with Crippen LogP contribution in [0, 0.1) is 0 Å². The van der Waals surface area contributed by atoms with Crippen molar-refractivity contribution in [3.63, 3.8) is 0 Å². The summed E-state index contributed by atoms with van der Waals surface area (Å²) < 4.78 is 15.4. The second-order valence-electron chi connectivity index (χ2n) is 3.07. The highest BCUT2D eigenvalue weighted by Gasteiger charge is 2.03. The molecule has 0 bridgehead atoms. The Balaban J connectivity index is 3.03. The molecular weight excluding hydrogens is 192 g/mol. The minimum absolute atomic E-state index is 0.718. The molecule has 0 aliphatic heterocycles. The molecule has 0 aliphatic rings. The van der Waals surface area contributed by atoms with Crippen LogP contribution in [0.25, 0.3) is 6.08 Å². The van der Waals surface area contributed by atoms with E-state index in [1.54, 1.807) is 21.3 Å². The van der Waals surface area contributed by atoms with Crippen molar-refractivity contribution in [2.24, 2.45) is 0 Å². The van der Waals surface area contributed by atoms with E-state index in [-0.39, 0.29) is 0 Å². The quantitative estimate of drug-likeness (QED) is 0.712. The Labute approximate surface area is 90.3 Å². The molecule has 1 aromatic rings. The first kappa shape index (κ1) is 11.4. The number of allylic oxidation sites excluding steroid dienone is 1. The van der Waals surface area contributed by atoms with Gasteiger partial charge < -0.3 is 14.2 Å². The fourth-order valence-electron chi connectivity index (χ4n) is 1.24. The van der Waals surface area contributed by atoms with Gasteiger partial charge in [-0.1, -0.05) is 6.07 Å². The molecule has 0 unspecified atom stereocenters. The molecule has 82 valence electrons. The minimum Gasteiger partial charge on any atom is -0.501 e. The Bertz CT molecular complexity index is 356. The molecule has 0 aromatic heterocycles. The Morgan fingerprint density at radius 3 is 2.27 bits per heavy atom. The van der Waals surface area contributed by atoms with E-state index in [0.717, 1.165) is 22.8 Å². The Hall–Kier alpha value is -1.64. The zero-order valence-electron chi connectivity index (χ0n) is 9.53. The van der Waals surface area contributed by atoms with Crippen LogP contribution in [0.3, 0.4) is 0 Å². The van der Waals surface area contributed by atoms with E-state index >= 15 is 0 Å². The van der Waals surface area contributed by atoms with Gasteiger partial charge in [0.25, 0.3) is 0 Å². The third-order valence-corrected chi connectivity index (χ3v) is 2.10. The summed E-state index contributed by atoms with van der Waals surface area (Å²) in [6.07, 6.45) is 1.93. The number of methoxy groups -OCH3 is 3. The van der Waals surface area contributed by atoms with Crippen molar-refractivity contribution in [1.82, 2.24) is 0 Å². The van der Waals surface area contributed by atoms with E-state index in [2.05, 4.69) is 0 Å². The number of rotatable bonds is 4. The molecule has 0 aliphatic carbocycles. The van der Waals surface area contributed by atoms with Crippen molar-refractivity contribution in [2.45, 2.75) is 6.92 Å². The van der Waals surface area contributed by atoms with Crippen molar-refractivity contribution >= 4 is 6.08 Å². The average Bonchev–Trinajstić information content (AvgIpc) is 2.28. The number of benzene rings is 1. The Morgan fingerprint density at radius 1 is 1.07 bits per heavy atom. The van der Waals surface area contributed by atoms with Crippen LogP contribution in [-0.4, -0.2) is 21.3 Å². The molecule has 1 aromatic carbocycles. The lowest BCUT2D eigenvalue weighted by Gasteiger charge is -2.08. The average molecular weight is 208 g/mol. The summed E-state index contributed by atoms with van der Waals surface area (Å²) in [5.74, 6) is 2.29. The van der Waals surface area contributed by atoms with E-state index < -0.39 is 0 Å². The lowest BCUT2D eigenvalue weighted by molar-refractivity contribution is 0.297. The fraction of sp³-hybridized carbons (Fsp3) is 0.333. The number of ether oxygens (including phenoxy) is 3. The van der Waals surface area contributed by atoms with Crippen LogP contribution >= 0.6 is 0 Å². The molecule has 1 rings (SSSR count). The zero-order valence-corrected chi connectivity index (χ0v) is 9.53. The molecule has 0 spiro atoms. The van der Waals surface area contributed by atoms with E-state index in [1.165, 1.54) is 0 Å². The highest BCUT2D eigenvalue weighted by atomic mass is 16.5. The molecule has 0 saturated carbocycles. The predicted molar refractivity (Wildman–Crippen MR) is 60.2 cm³/mol. The lowest BCUT2D eigenvalue weighted by Crippen LogP contribution is -1.90. The second-order valence-corrected chi connectivity index (χ2v) is 3.07. The molecule has 0 fully saturated rings. The molecule has 0 radical (unpaired) electrons. The first-order chi connectivity index (χ1) is 7.21. The summed E-state index contributed by atoms with van der Waals surface area (Å²) in [5.41, 5.74) is 1.02. The number of hydrogen-bond acceptors (Lipinski definition) is 3. The molecule has 0 N–H and O–H groups in total. The Kier molecular flexibility index (Phi) is 4.03. The first-order valence-electron chi connectivity index (χ1n) is 4.65. The highest BCUT2D eigenvalue weighted by molar-refractivity contribution is 5.56. The number of hydrogen-bond donors (Lipinski definition) is 0. The van der Waals surface area contributed by atoms with Gasteiger partial charge in [-0.3, -0.25) is 0 Å². The summed E-state index contributed by atoms with van der Waals surface area (Å²) in [5, 5.41) is 0. The zero-order chi connectivity index (χ0) is 11.3. The van der Waals surface area contributed by atoms with Crippen LogP contribution in [-0.2, 0) is 4.74 Å². The summed E-state index contributed by atoms with van der Waals surface area (Å²) in [7, 11) is 4.88. The standard InChI is InChI=1S/C12H16O3/c1-9(13-2)7-10-5-6-11(14-3)12(8-10)15-4/h5-8H,1-4H3/b9-7+. The second kappa shape index (κ2) is 5.29. The summed E-state index contributed by atoms with van der Waals surface area (Å²) >= 11 is 0. The third kappa shape index (κ3) is 2.91.